The molecule has 2 heterocycles. The van der Waals surface area contributed by atoms with Gasteiger partial charge in [-0.05, 0) is 50.5 Å². The number of carbonyl (C=O) groups excluding carboxylic acids is 1. The van der Waals surface area contributed by atoms with E-state index in [1.807, 2.05) is 36.1 Å². The lowest BCUT2D eigenvalue weighted by Gasteiger charge is -2.37. The molecule has 1 saturated heterocycles. The van der Waals surface area contributed by atoms with Gasteiger partial charge in [-0.15, -0.1) is 0 Å². The highest BCUT2D eigenvalue weighted by atomic mass is 16.5. The van der Waals surface area contributed by atoms with E-state index in [9.17, 15) is 4.79 Å². The Morgan fingerprint density at radius 3 is 2.33 bits per heavy atom. The smallest absolute Gasteiger partial charge is 0.253 e. The molecule has 0 N–H and O–H groups in total. The molecule has 162 valence electrons. The van der Waals surface area contributed by atoms with Gasteiger partial charge in [0.1, 0.15) is 17.4 Å². The molecule has 30 heavy (non-hydrogen) atoms. The van der Waals surface area contributed by atoms with Crippen LogP contribution in [-0.2, 0) is 0 Å². The summed E-state index contributed by atoms with van der Waals surface area (Å²) < 4.78 is 5.70. The molecule has 1 aliphatic heterocycles. The van der Waals surface area contributed by atoms with Crippen LogP contribution in [0.1, 0.15) is 67.0 Å². The van der Waals surface area contributed by atoms with Gasteiger partial charge >= 0.3 is 0 Å². The number of rotatable bonds is 7. The molecule has 1 aromatic heterocycles. The maximum atomic E-state index is 12.9. The minimum Gasteiger partial charge on any atom is -0.494 e. The van der Waals surface area contributed by atoms with Gasteiger partial charge in [-0.3, -0.25) is 4.79 Å². The zero-order chi connectivity index (χ0) is 21.7. The average molecular weight is 411 g/mol. The number of amides is 1. The van der Waals surface area contributed by atoms with Crippen molar-refractivity contribution >= 4 is 11.7 Å². The highest BCUT2D eigenvalue weighted by molar-refractivity contribution is 5.94. The summed E-state index contributed by atoms with van der Waals surface area (Å²) in [7, 11) is 0. The van der Waals surface area contributed by atoms with Crippen LogP contribution in [0, 0.1) is 13.8 Å². The maximum Gasteiger partial charge on any atom is 0.253 e. The maximum absolute atomic E-state index is 12.9. The number of aryl methyl sites for hydroxylation is 2. The first-order valence-electron chi connectivity index (χ1n) is 11.0. The van der Waals surface area contributed by atoms with E-state index < -0.39 is 0 Å². The van der Waals surface area contributed by atoms with Crippen LogP contribution >= 0.6 is 0 Å². The fourth-order valence-corrected chi connectivity index (χ4v) is 3.95. The molecule has 1 fully saturated rings. The Labute approximate surface area is 180 Å². The number of carbonyl (C=O) groups is 1. The number of hydrogen-bond donors (Lipinski definition) is 0. The van der Waals surface area contributed by atoms with Gasteiger partial charge in [-0.25, -0.2) is 9.97 Å². The summed E-state index contributed by atoms with van der Waals surface area (Å²) >= 11 is 0. The Bertz CT molecular complexity index is 856. The lowest BCUT2D eigenvalue weighted by atomic mass is 10.0. The van der Waals surface area contributed by atoms with Crippen LogP contribution in [0.5, 0.6) is 5.75 Å². The van der Waals surface area contributed by atoms with Gasteiger partial charge < -0.3 is 14.5 Å². The summed E-state index contributed by atoms with van der Waals surface area (Å²) in [5.41, 5.74) is 2.97. The van der Waals surface area contributed by atoms with Crippen molar-refractivity contribution in [1.29, 1.82) is 0 Å². The summed E-state index contributed by atoms with van der Waals surface area (Å²) in [4.78, 5) is 26.5. The van der Waals surface area contributed by atoms with Gasteiger partial charge in [0.2, 0.25) is 0 Å². The van der Waals surface area contributed by atoms with E-state index in [-0.39, 0.29) is 5.91 Å². The lowest BCUT2D eigenvalue weighted by molar-refractivity contribution is 0.0746. The molecule has 0 bridgehead atoms. The molecule has 0 saturated carbocycles. The van der Waals surface area contributed by atoms with Crippen molar-refractivity contribution in [3.05, 3.63) is 46.9 Å². The second kappa shape index (κ2) is 9.92. The van der Waals surface area contributed by atoms with Crippen LogP contribution in [0.25, 0.3) is 0 Å². The van der Waals surface area contributed by atoms with Crippen molar-refractivity contribution in [1.82, 2.24) is 14.9 Å². The SMILES string of the molecule is CCCCOc1ccc(C(=O)N2CCN(c3nc(C)nc(C)c3C(C)C)CC2)cc1. The number of benzene rings is 1. The summed E-state index contributed by atoms with van der Waals surface area (Å²) in [6.45, 7) is 14.1. The van der Waals surface area contributed by atoms with Crippen LogP contribution in [-0.4, -0.2) is 53.6 Å². The number of unbranched alkanes of at least 4 members (excludes halogenated alkanes) is 1. The topological polar surface area (TPSA) is 58.6 Å². The highest BCUT2D eigenvalue weighted by Crippen LogP contribution is 2.29. The van der Waals surface area contributed by atoms with Crippen molar-refractivity contribution in [2.45, 2.75) is 53.4 Å². The van der Waals surface area contributed by atoms with E-state index in [0.29, 0.717) is 31.2 Å². The molecule has 0 atom stereocenters. The summed E-state index contributed by atoms with van der Waals surface area (Å²) in [6, 6.07) is 7.51. The molecule has 6 heteroatoms. The number of piperazine rings is 1. The van der Waals surface area contributed by atoms with E-state index in [0.717, 1.165) is 49.0 Å². The first-order valence-corrected chi connectivity index (χ1v) is 11.0. The number of ether oxygens (including phenoxy) is 1. The number of aromatic nitrogens is 2. The van der Waals surface area contributed by atoms with Crippen molar-refractivity contribution < 1.29 is 9.53 Å². The molecule has 6 nitrogen and oxygen atoms in total. The third kappa shape index (κ3) is 5.10. The summed E-state index contributed by atoms with van der Waals surface area (Å²) in [5.74, 6) is 3.08. The van der Waals surface area contributed by atoms with Crippen molar-refractivity contribution in [3.8, 4) is 5.75 Å². The molecule has 0 radical (unpaired) electrons. The van der Waals surface area contributed by atoms with Gasteiger partial charge in [0.15, 0.2) is 0 Å². The van der Waals surface area contributed by atoms with Gasteiger partial charge in [0, 0.05) is 43.0 Å². The van der Waals surface area contributed by atoms with E-state index in [1.54, 1.807) is 0 Å². The monoisotopic (exact) mass is 410 g/mol. The predicted molar refractivity (Wildman–Crippen MR) is 121 cm³/mol. The van der Waals surface area contributed by atoms with E-state index in [4.69, 9.17) is 9.72 Å². The minimum atomic E-state index is 0.0777. The number of hydrogen-bond acceptors (Lipinski definition) is 5. The van der Waals surface area contributed by atoms with E-state index in [1.165, 1.54) is 5.56 Å². The number of nitrogens with zero attached hydrogens (tertiary/aromatic N) is 4. The molecular weight excluding hydrogens is 376 g/mol. The van der Waals surface area contributed by atoms with Gasteiger partial charge in [0.25, 0.3) is 5.91 Å². The molecule has 2 aromatic rings. The fraction of sp³-hybridized carbons (Fsp3) is 0.542. The molecule has 1 aromatic carbocycles. The van der Waals surface area contributed by atoms with Gasteiger partial charge in [-0.1, -0.05) is 27.2 Å². The molecular formula is C24H34N4O2. The first-order chi connectivity index (χ1) is 14.4. The second-order valence-corrected chi connectivity index (χ2v) is 8.25. The molecule has 1 aliphatic rings. The quantitative estimate of drug-likeness (QED) is 0.635. The Hall–Kier alpha value is -2.63. The molecule has 0 spiro atoms. The predicted octanol–water partition coefficient (Wildman–Crippen LogP) is 4.36. The Kier molecular flexibility index (Phi) is 7.29. The third-order valence-corrected chi connectivity index (χ3v) is 5.54. The van der Waals surface area contributed by atoms with Crippen molar-refractivity contribution in [2.24, 2.45) is 0 Å². The standard InChI is InChI=1S/C24H34N4O2/c1-6-7-16-30-21-10-8-20(9-11-21)24(29)28-14-12-27(13-15-28)23-22(17(2)3)18(4)25-19(5)26-23/h8-11,17H,6-7,12-16H2,1-5H3. The van der Waals surface area contributed by atoms with Crippen molar-refractivity contribution in [3.63, 3.8) is 0 Å². The van der Waals surface area contributed by atoms with E-state index in [2.05, 4.69) is 37.6 Å². The summed E-state index contributed by atoms with van der Waals surface area (Å²) in [6.07, 6.45) is 2.14. The fourth-order valence-electron chi connectivity index (χ4n) is 3.95. The molecule has 1 amide bonds. The molecule has 0 aliphatic carbocycles. The average Bonchev–Trinajstić information content (AvgIpc) is 2.73. The summed E-state index contributed by atoms with van der Waals surface area (Å²) in [5, 5.41) is 0. The Balaban J connectivity index is 1.64. The second-order valence-electron chi connectivity index (χ2n) is 8.25. The zero-order valence-electron chi connectivity index (χ0n) is 18.9. The van der Waals surface area contributed by atoms with Gasteiger partial charge in [0.05, 0.1) is 6.61 Å². The van der Waals surface area contributed by atoms with Crippen LogP contribution in [0.4, 0.5) is 5.82 Å². The first kappa shape index (κ1) is 22.1. The van der Waals surface area contributed by atoms with Crippen LogP contribution in [0.2, 0.25) is 0 Å². The normalized spacial score (nSPS) is 14.3. The van der Waals surface area contributed by atoms with E-state index >= 15 is 0 Å². The Morgan fingerprint density at radius 1 is 1.07 bits per heavy atom. The van der Waals surface area contributed by atoms with Crippen LogP contribution in [0.3, 0.4) is 0 Å². The largest absolute Gasteiger partial charge is 0.494 e. The van der Waals surface area contributed by atoms with Gasteiger partial charge in [-0.2, -0.15) is 0 Å². The van der Waals surface area contributed by atoms with Crippen LogP contribution in [0.15, 0.2) is 24.3 Å². The zero-order valence-corrected chi connectivity index (χ0v) is 18.9. The molecule has 3 rings (SSSR count). The number of anilines is 1. The Morgan fingerprint density at radius 2 is 1.73 bits per heavy atom. The minimum absolute atomic E-state index is 0.0777. The lowest BCUT2D eigenvalue weighted by Crippen LogP contribution is -2.49. The van der Waals surface area contributed by atoms with Crippen LogP contribution < -0.4 is 9.64 Å². The third-order valence-electron chi connectivity index (χ3n) is 5.54. The molecule has 0 unspecified atom stereocenters. The highest BCUT2D eigenvalue weighted by Gasteiger charge is 2.26. The van der Waals surface area contributed by atoms with Crippen molar-refractivity contribution in [2.75, 3.05) is 37.7 Å².